The molecule has 0 aromatic heterocycles. The molecule has 1 saturated heterocycles. The van der Waals surface area contributed by atoms with Crippen molar-refractivity contribution in [1.29, 1.82) is 0 Å². The number of fused-ring (bicyclic) bond motifs is 3. The maximum atomic E-state index is 5.71. The molecule has 2 aliphatic rings. The van der Waals surface area contributed by atoms with E-state index in [2.05, 4.69) is 68.3 Å². The van der Waals surface area contributed by atoms with Crippen molar-refractivity contribution in [3.05, 3.63) is 23.3 Å². The van der Waals surface area contributed by atoms with Crippen LogP contribution in [-0.4, -0.2) is 47.8 Å². The van der Waals surface area contributed by atoms with Crippen LogP contribution in [0, 0.1) is 11.8 Å². The Morgan fingerprint density at radius 3 is 2.18 bits per heavy atom. The van der Waals surface area contributed by atoms with Gasteiger partial charge in [-0.05, 0) is 78.7 Å². The quantitative estimate of drug-likeness (QED) is 0.208. The molecule has 0 amide bonds. The summed E-state index contributed by atoms with van der Waals surface area (Å²) in [4.78, 5) is 2.79. The molecule has 0 bridgehead atoms. The number of hydrogen-bond donors (Lipinski definition) is 0. The summed E-state index contributed by atoms with van der Waals surface area (Å²) in [5.41, 5.74) is 2.94. The van der Waals surface area contributed by atoms with Crippen molar-refractivity contribution in [1.82, 2.24) is 4.90 Å². The Bertz CT molecular complexity index is 720. The molecule has 0 saturated carbocycles. The van der Waals surface area contributed by atoms with Gasteiger partial charge in [0, 0.05) is 19.1 Å². The molecule has 3 rings (SSSR count). The zero-order valence-corrected chi connectivity index (χ0v) is 24.1. The van der Waals surface area contributed by atoms with Gasteiger partial charge in [-0.1, -0.05) is 40.5 Å². The minimum atomic E-state index is 0. The molecule has 1 aromatic carbocycles. The summed E-state index contributed by atoms with van der Waals surface area (Å²) in [6.07, 6.45) is 8.91. The predicted octanol–water partition coefficient (Wildman–Crippen LogP) is 7.85. The molecule has 33 heavy (non-hydrogen) atoms. The number of ether oxygens (including phenoxy) is 2. The third kappa shape index (κ3) is 6.92. The van der Waals surface area contributed by atoms with E-state index in [0.29, 0.717) is 10.1 Å². The molecule has 1 aromatic rings. The first-order valence-corrected chi connectivity index (χ1v) is 14.7. The topological polar surface area (TPSA) is 21.7 Å². The predicted molar refractivity (Wildman–Crippen MR) is 150 cm³/mol. The molecule has 2 atom stereocenters. The van der Waals surface area contributed by atoms with Crippen LogP contribution in [0.1, 0.15) is 83.4 Å². The van der Waals surface area contributed by atoms with Crippen molar-refractivity contribution in [2.75, 3.05) is 38.8 Å². The Labute approximate surface area is 217 Å². The summed E-state index contributed by atoms with van der Waals surface area (Å²) in [6, 6.07) is 5.01. The van der Waals surface area contributed by atoms with Crippen molar-refractivity contribution >= 4 is 35.9 Å². The third-order valence-electron chi connectivity index (χ3n) is 7.11. The maximum Gasteiger partial charge on any atom is 0.161 e. The maximum absolute atomic E-state index is 5.71. The highest BCUT2D eigenvalue weighted by Gasteiger charge is 2.49. The molecule has 6 heteroatoms. The van der Waals surface area contributed by atoms with Crippen LogP contribution in [0.2, 0.25) is 0 Å². The molecule has 2 aliphatic heterocycles. The van der Waals surface area contributed by atoms with Gasteiger partial charge in [0.2, 0.25) is 0 Å². The van der Waals surface area contributed by atoms with E-state index in [-0.39, 0.29) is 12.4 Å². The molecular weight excluding hydrogens is 470 g/mol. The highest BCUT2D eigenvalue weighted by atomic mass is 35.5. The van der Waals surface area contributed by atoms with Gasteiger partial charge in [0.25, 0.3) is 0 Å². The summed E-state index contributed by atoms with van der Waals surface area (Å²) in [7, 11) is 3.51. The fourth-order valence-electron chi connectivity index (χ4n) is 5.39. The summed E-state index contributed by atoms with van der Waals surface area (Å²) in [6.45, 7) is 11.9. The van der Waals surface area contributed by atoms with Crippen LogP contribution in [0.3, 0.4) is 0 Å². The van der Waals surface area contributed by atoms with E-state index in [1.165, 1.54) is 67.7 Å². The van der Waals surface area contributed by atoms with E-state index in [0.717, 1.165) is 36.3 Å². The van der Waals surface area contributed by atoms with Gasteiger partial charge in [-0.2, -0.15) is 0 Å². The normalized spacial score (nSPS) is 21.8. The average molecular weight is 516 g/mol. The number of piperidine rings is 1. The van der Waals surface area contributed by atoms with Gasteiger partial charge in [-0.15, -0.1) is 35.9 Å². The van der Waals surface area contributed by atoms with Gasteiger partial charge in [0.1, 0.15) is 0 Å². The Hall–Kier alpha value is -0.230. The SMILES string of the molecule is CCCCSC1(SCCCC)CC2c3cc(OC)c(OC)cc3CCN2CC1CC(C)C.Cl. The van der Waals surface area contributed by atoms with Crippen LogP contribution in [-0.2, 0) is 6.42 Å². The van der Waals surface area contributed by atoms with Crippen molar-refractivity contribution < 1.29 is 9.47 Å². The number of halogens is 1. The average Bonchev–Trinajstić information content (AvgIpc) is 2.78. The molecule has 0 N–H and O–H groups in total. The number of methoxy groups -OCH3 is 2. The van der Waals surface area contributed by atoms with Gasteiger partial charge < -0.3 is 9.47 Å². The number of nitrogens with zero attached hydrogens (tertiary/aromatic N) is 1. The fourth-order valence-corrected chi connectivity index (χ4v) is 9.15. The summed E-state index contributed by atoms with van der Waals surface area (Å²) >= 11 is 4.60. The van der Waals surface area contributed by atoms with Gasteiger partial charge in [-0.3, -0.25) is 4.90 Å². The number of hydrogen-bond acceptors (Lipinski definition) is 5. The Kier molecular flexibility index (Phi) is 12.1. The lowest BCUT2D eigenvalue weighted by Crippen LogP contribution is -2.52. The van der Waals surface area contributed by atoms with Crippen LogP contribution in [0.15, 0.2) is 12.1 Å². The lowest BCUT2D eigenvalue weighted by molar-refractivity contribution is 0.0860. The van der Waals surface area contributed by atoms with Crippen molar-refractivity contribution in [2.45, 2.75) is 82.8 Å². The van der Waals surface area contributed by atoms with Gasteiger partial charge in [0.05, 0.1) is 18.3 Å². The Morgan fingerprint density at radius 2 is 1.64 bits per heavy atom. The Balaban J connectivity index is 0.00000385. The van der Waals surface area contributed by atoms with Gasteiger partial charge >= 0.3 is 0 Å². The van der Waals surface area contributed by atoms with E-state index in [9.17, 15) is 0 Å². The molecule has 2 unspecified atom stereocenters. The fraction of sp³-hybridized carbons (Fsp3) is 0.778. The molecule has 0 aliphatic carbocycles. The summed E-state index contributed by atoms with van der Waals surface area (Å²) in [5.74, 6) is 5.82. The molecule has 190 valence electrons. The van der Waals surface area contributed by atoms with Crippen molar-refractivity contribution in [3.63, 3.8) is 0 Å². The lowest BCUT2D eigenvalue weighted by Gasteiger charge is -2.53. The highest BCUT2D eigenvalue weighted by Crippen LogP contribution is 2.57. The van der Waals surface area contributed by atoms with E-state index in [4.69, 9.17) is 9.47 Å². The molecule has 0 radical (unpaired) electrons. The Morgan fingerprint density at radius 1 is 1.03 bits per heavy atom. The van der Waals surface area contributed by atoms with E-state index in [1.54, 1.807) is 14.2 Å². The van der Waals surface area contributed by atoms with E-state index >= 15 is 0 Å². The summed E-state index contributed by atoms with van der Waals surface area (Å²) < 4.78 is 11.7. The van der Waals surface area contributed by atoms with Crippen LogP contribution in [0.4, 0.5) is 0 Å². The molecular formula is C27H46ClNO2S2. The van der Waals surface area contributed by atoms with Crippen molar-refractivity contribution in [3.8, 4) is 11.5 Å². The molecule has 2 heterocycles. The van der Waals surface area contributed by atoms with E-state index < -0.39 is 0 Å². The molecule has 3 nitrogen and oxygen atoms in total. The second kappa shape index (κ2) is 13.8. The second-order valence-electron chi connectivity index (χ2n) is 9.91. The van der Waals surface area contributed by atoms with Crippen LogP contribution in [0.5, 0.6) is 11.5 Å². The summed E-state index contributed by atoms with van der Waals surface area (Å²) in [5, 5.41) is 0. The molecule has 0 spiro atoms. The van der Waals surface area contributed by atoms with Gasteiger partial charge in [0.15, 0.2) is 11.5 Å². The van der Waals surface area contributed by atoms with Gasteiger partial charge in [-0.25, -0.2) is 0 Å². The third-order valence-corrected chi connectivity index (χ3v) is 10.8. The number of benzene rings is 1. The zero-order valence-electron chi connectivity index (χ0n) is 21.7. The number of rotatable bonds is 12. The smallest absolute Gasteiger partial charge is 0.161 e. The zero-order chi connectivity index (χ0) is 23.1. The minimum Gasteiger partial charge on any atom is -0.493 e. The van der Waals surface area contributed by atoms with E-state index in [1.807, 2.05) is 0 Å². The van der Waals surface area contributed by atoms with Crippen molar-refractivity contribution in [2.24, 2.45) is 11.8 Å². The lowest BCUT2D eigenvalue weighted by atomic mass is 9.80. The van der Waals surface area contributed by atoms with Crippen LogP contribution < -0.4 is 9.47 Å². The first kappa shape index (κ1) is 29.0. The first-order chi connectivity index (χ1) is 15.5. The number of unbranched alkanes of at least 4 members (excludes halogenated alkanes) is 2. The van der Waals surface area contributed by atoms with Crippen LogP contribution >= 0.6 is 35.9 Å². The monoisotopic (exact) mass is 515 g/mol. The first-order valence-electron chi connectivity index (χ1n) is 12.7. The van der Waals surface area contributed by atoms with Crippen LogP contribution in [0.25, 0.3) is 0 Å². The molecule has 1 fully saturated rings. The second-order valence-corrected chi connectivity index (χ2v) is 13.0. The minimum absolute atomic E-state index is 0. The highest BCUT2D eigenvalue weighted by molar-refractivity contribution is 8.18. The standard InChI is InChI=1S/C27H45NO2S2.ClH/c1-7-9-13-31-27(32-14-10-8-2)18-24-23-17-26(30-6)25(29-5)16-21(23)11-12-28(24)19-22(27)15-20(3)4;/h16-17,20,22,24H,7-15,18-19H2,1-6H3;1H. The largest absolute Gasteiger partial charge is 0.493 e. The number of thioether (sulfide) groups is 2.